The molecule has 2 aromatic rings. The summed E-state index contributed by atoms with van der Waals surface area (Å²) in [4.78, 5) is 0. The standard InChI is InChI=1S/C11H9O/c1-8-6-9-4-2-3-5-10(9)7-11(8)12/h2-7,12H,1H2. The molecule has 2 rings (SSSR count). The lowest BCUT2D eigenvalue weighted by Crippen LogP contribution is -1.76. The molecule has 0 unspecified atom stereocenters. The first kappa shape index (κ1) is 7.17. The van der Waals surface area contributed by atoms with Crippen molar-refractivity contribution in [3.63, 3.8) is 0 Å². The maximum atomic E-state index is 9.35. The fourth-order valence-electron chi connectivity index (χ4n) is 1.28. The van der Waals surface area contributed by atoms with Crippen LogP contribution < -0.4 is 0 Å². The summed E-state index contributed by atoms with van der Waals surface area (Å²) in [5.74, 6) is 0.258. The maximum Gasteiger partial charge on any atom is 0.119 e. The van der Waals surface area contributed by atoms with E-state index in [2.05, 4.69) is 6.92 Å². The van der Waals surface area contributed by atoms with Crippen LogP contribution in [0, 0.1) is 6.92 Å². The Bertz CT molecular complexity index is 378. The quantitative estimate of drug-likeness (QED) is 0.623. The molecule has 0 saturated carbocycles. The summed E-state index contributed by atoms with van der Waals surface area (Å²) in [7, 11) is 0. The van der Waals surface area contributed by atoms with Crippen LogP contribution in [0.1, 0.15) is 5.56 Å². The zero-order valence-corrected chi connectivity index (χ0v) is 6.62. The van der Waals surface area contributed by atoms with E-state index >= 15 is 0 Å². The van der Waals surface area contributed by atoms with Gasteiger partial charge in [-0.2, -0.15) is 0 Å². The molecule has 0 atom stereocenters. The second-order valence-corrected chi connectivity index (χ2v) is 2.83. The van der Waals surface area contributed by atoms with Gasteiger partial charge in [-0.15, -0.1) is 0 Å². The van der Waals surface area contributed by atoms with Crippen molar-refractivity contribution in [1.82, 2.24) is 0 Å². The van der Waals surface area contributed by atoms with Crippen LogP contribution in [-0.4, -0.2) is 5.11 Å². The Morgan fingerprint density at radius 2 is 1.58 bits per heavy atom. The van der Waals surface area contributed by atoms with E-state index < -0.39 is 0 Å². The molecule has 12 heavy (non-hydrogen) atoms. The number of fused-ring (bicyclic) bond motifs is 1. The molecule has 1 radical (unpaired) electrons. The predicted octanol–water partition coefficient (Wildman–Crippen LogP) is 2.73. The second kappa shape index (κ2) is 2.52. The van der Waals surface area contributed by atoms with Crippen LogP contribution in [0.2, 0.25) is 0 Å². The molecule has 1 heteroatoms. The first-order chi connectivity index (χ1) is 5.77. The molecule has 2 aromatic carbocycles. The molecule has 0 aliphatic rings. The minimum atomic E-state index is 0.258. The van der Waals surface area contributed by atoms with Crippen molar-refractivity contribution in [1.29, 1.82) is 0 Å². The molecular formula is C11H9O. The lowest BCUT2D eigenvalue weighted by Gasteiger charge is -2.01. The molecule has 0 aliphatic carbocycles. The molecule has 0 heterocycles. The normalized spacial score (nSPS) is 10.4. The molecule has 1 nitrogen and oxygen atoms in total. The van der Waals surface area contributed by atoms with E-state index in [-0.39, 0.29) is 5.75 Å². The highest BCUT2D eigenvalue weighted by Gasteiger charge is 1.97. The molecule has 0 aromatic heterocycles. The van der Waals surface area contributed by atoms with Crippen molar-refractivity contribution in [3.05, 3.63) is 48.9 Å². The highest BCUT2D eigenvalue weighted by Crippen LogP contribution is 2.23. The van der Waals surface area contributed by atoms with Crippen molar-refractivity contribution in [2.24, 2.45) is 0 Å². The summed E-state index contributed by atoms with van der Waals surface area (Å²) in [6.07, 6.45) is 0. The van der Waals surface area contributed by atoms with Crippen LogP contribution in [0.25, 0.3) is 10.8 Å². The van der Waals surface area contributed by atoms with Gasteiger partial charge >= 0.3 is 0 Å². The monoisotopic (exact) mass is 157 g/mol. The predicted molar refractivity (Wildman–Crippen MR) is 50.1 cm³/mol. The van der Waals surface area contributed by atoms with E-state index in [1.807, 2.05) is 30.3 Å². The third kappa shape index (κ3) is 1.03. The van der Waals surface area contributed by atoms with Crippen LogP contribution in [0.3, 0.4) is 0 Å². The van der Waals surface area contributed by atoms with Gasteiger partial charge < -0.3 is 5.11 Å². The summed E-state index contributed by atoms with van der Waals surface area (Å²) in [5.41, 5.74) is 0.675. The fraction of sp³-hybridized carbons (Fsp3) is 0. The number of phenolic OH excluding ortho intramolecular Hbond substituents is 1. The lowest BCUT2D eigenvalue weighted by molar-refractivity contribution is 0.474. The average molecular weight is 157 g/mol. The summed E-state index contributed by atoms with van der Waals surface area (Å²) in [5, 5.41) is 11.5. The van der Waals surface area contributed by atoms with E-state index in [4.69, 9.17) is 0 Å². The molecule has 0 amide bonds. The summed E-state index contributed by atoms with van der Waals surface area (Å²) < 4.78 is 0. The Kier molecular flexibility index (Phi) is 1.51. The van der Waals surface area contributed by atoms with E-state index in [0.717, 1.165) is 10.8 Å². The van der Waals surface area contributed by atoms with Crippen molar-refractivity contribution < 1.29 is 5.11 Å². The lowest BCUT2D eigenvalue weighted by atomic mass is 10.1. The Hall–Kier alpha value is -1.50. The SMILES string of the molecule is [CH2]c1cc2ccccc2cc1O. The van der Waals surface area contributed by atoms with Gasteiger partial charge in [-0.25, -0.2) is 0 Å². The third-order valence-corrected chi connectivity index (χ3v) is 1.95. The number of hydrogen-bond acceptors (Lipinski definition) is 1. The van der Waals surface area contributed by atoms with Gasteiger partial charge in [0.25, 0.3) is 0 Å². The van der Waals surface area contributed by atoms with Gasteiger partial charge in [0, 0.05) is 0 Å². The molecule has 0 fully saturated rings. The Labute approximate surface area is 71.3 Å². The zero-order chi connectivity index (χ0) is 8.55. The number of benzene rings is 2. The van der Waals surface area contributed by atoms with E-state index in [1.54, 1.807) is 6.07 Å². The molecule has 1 N–H and O–H groups in total. The summed E-state index contributed by atoms with van der Waals surface area (Å²) >= 11 is 0. The summed E-state index contributed by atoms with van der Waals surface area (Å²) in [6.45, 7) is 3.72. The van der Waals surface area contributed by atoms with Crippen molar-refractivity contribution in [2.45, 2.75) is 0 Å². The molecule has 0 saturated heterocycles. The average Bonchev–Trinajstić information content (AvgIpc) is 2.07. The minimum Gasteiger partial charge on any atom is -0.508 e. The van der Waals surface area contributed by atoms with E-state index in [1.165, 1.54) is 0 Å². The highest BCUT2D eigenvalue weighted by atomic mass is 16.3. The summed E-state index contributed by atoms with van der Waals surface area (Å²) in [6, 6.07) is 11.5. The minimum absolute atomic E-state index is 0.258. The number of phenols is 1. The van der Waals surface area contributed by atoms with Crippen molar-refractivity contribution in [2.75, 3.05) is 0 Å². The van der Waals surface area contributed by atoms with E-state index in [9.17, 15) is 5.11 Å². The molecule has 59 valence electrons. The largest absolute Gasteiger partial charge is 0.508 e. The van der Waals surface area contributed by atoms with Gasteiger partial charge in [0.2, 0.25) is 0 Å². The highest BCUT2D eigenvalue weighted by molar-refractivity contribution is 5.85. The number of hydrogen-bond donors (Lipinski definition) is 1. The number of aromatic hydroxyl groups is 1. The molecule has 0 spiro atoms. The van der Waals surface area contributed by atoms with Crippen LogP contribution in [0.5, 0.6) is 5.75 Å². The van der Waals surface area contributed by atoms with Gasteiger partial charge in [-0.3, -0.25) is 0 Å². The van der Waals surface area contributed by atoms with Crippen LogP contribution in [0.4, 0.5) is 0 Å². The Morgan fingerprint density at radius 3 is 2.25 bits per heavy atom. The van der Waals surface area contributed by atoms with Gasteiger partial charge in [0.15, 0.2) is 0 Å². The van der Waals surface area contributed by atoms with Crippen LogP contribution in [-0.2, 0) is 0 Å². The topological polar surface area (TPSA) is 20.2 Å². The van der Waals surface area contributed by atoms with E-state index in [0.29, 0.717) is 5.56 Å². The van der Waals surface area contributed by atoms with Gasteiger partial charge in [-0.05, 0) is 35.4 Å². The second-order valence-electron chi connectivity index (χ2n) is 2.83. The maximum absolute atomic E-state index is 9.35. The van der Waals surface area contributed by atoms with Gasteiger partial charge in [0.1, 0.15) is 5.75 Å². The van der Waals surface area contributed by atoms with Gasteiger partial charge in [-0.1, -0.05) is 24.3 Å². The third-order valence-electron chi connectivity index (χ3n) is 1.95. The van der Waals surface area contributed by atoms with Gasteiger partial charge in [0.05, 0.1) is 0 Å². The van der Waals surface area contributed by atoms with Crippen LogP contribution in [0.15, 0.2) is 36.4 Å². The molecule has 0 bridgehead atoms. The van der Waals surface area contributed by atoms with Crippen molar-refractivity contribution >= 4 is 10.8 Å². The Morgan fingerprint density at radius 1 is 1.00 bits per heavy atom. The first-order valence-corrected chi connectivity index (χ1v) is 3.81. The zero-order valence-electron chi connectivity index (χ0n) is 6.62. The fourth-order valence-corrected chi connectivity index (χ4v) is 1.28. The smallest absolute Gasteiger partial charge is 0.119 e. The van der Waals surface area contributed by atoms with Crippen LogP contribution >= 0.6 is 0 Å². The molecular weight excluding hydrogens is 148 g/mol. The van der Waals surface area contributed by atoms with Crippen molar-refractivity contribution in [3.8, 4) is 5.75 Å². The molecule has 0 aliphatic heterocycles. The first-order valence-electron chi connectivity index (χ1n) is 3.81. The number of rotatable bonds is 0. The Balaban J connectivity index is 2.84.